The molecule has 0 saturated carbocycles. The summed E-state index contributed by atoms with van der Waals surface area (Å²) in [5.41, 5.74) is 3.51. The van der Waals surface area contributed by atoms with E-state index in [9.17, 15) is 4.79 Å². The number of anilines is 1. The molecule has 1 fully saturated rings. The van der Waals surface area contributed by atoms with E-state index < -0.39 is 0 Å². The first-order valence-corrected chi connectivity index (χ1v) is 6.61. The number of carbonyl (C=O) groups excluding carboxylic acids is 1. The lowest BCUT2D eigenvalue weighted by Crippen LogP contribution is -2.24. The Bertz CT molecular complexity index is 454. The summed E-state index contributed by atoms with van der Waals surface area (Å²) in [4.78, 5) is 13.5. The van der Waals surface area contributed by atoms with Gasteiger partial charge < -0.3 is 4.74 Å². The lowest BCUT2D eigenvalue weighted by molar-refractivity contribution is 0.139. The first-order chi connectivity index (χ1) is 8.52. The van der Waals surface area contributed by atoms with Crippen LogP contribution in [0, 0.1) is 6.92 Å². The first-order valence-electron chi connectivity index (χ1n) is 6.61. The lowest BCUT2D eigenvalue weighted by atomic mass is 9.97. The Morgan fingerprint density at radius 3 is 2.67 bits per heavy atom. The number of nitrogens with zero attached hydrogens (tertiary/aromatic N) is 1. The summed E-state index contributed by atoms with van der Waals surface area (Å²) in [6.07, 6.45) is 0.673. The number of aryl methyl sites for hydroxylation is 1. The Morgan fingerprint density at radius 2 is 2.17 bits per heavy atom. The fourth-order valence-corrected chi connectivity index (χ4v) is 2.42. The van der Waals surface area contributed by atoms with Crippen LogP contribution in [0.1, 0.15) is 44.2 Å². The number of rotatable bonds is 3. The van der Waals surface area contributed by atoms with E-state index in [0.717, 1.165) is 12.1 Å². The van der Waals surface area contributed by atoms with Crippen molar-refractivity contribution in [1.29, 1.82) is 0 Å². The smallest absolute Gasteiger partial charge is 0.414 e. The second kappa shape index (κ2) is 5.01. The Labute approximate surface area is 109 Å². The second-order valence-corrected chi connectivity index (χ2v) is 5.22. The molecule has 0 aliphatic carbocycles. The highest BCUT2D eigenvalue weighted by molar-refractivity contribution is 5.89. The van der Waals surface area contributed by atoms with E-state index in [1.54, 1.807) is 4.90 Å². The Hall–Kier alpha value is -1.51. The van der Waals surface area contributed by atoms with Crippen LogP contribution >= 0.6 is 0 Å². The van der Waals surface area contributed by atoms with Gasteiger partial charge in [-0.2, -0.15) is 0 Å². The van der Waals surface area contributed by atoms with Crippen molar-refractivity contribution in [3.63, 3.8) is 0 Å². The maximum absolute atomic E-state index is 11.8. The summed E-state index contributed by atoms with van der Waals surface area (Å²) in [6, 6.07) is 6.21. The van der Waals surface area contributed by atoms with Crippen molar-refractivity contribution in [2.24, 2.45) is 0 Å². The zero-order valence-corrected chi connectivity index (χ0v) is 11.6. The number of hydrogen-bond donors (Lipinski definition) is 0. The molecule has 1 unspecified atom stereocenters. The molecule has 3 heteroatoms. The van der Waals surface area contributed by atoms with Gasteiger partial charge in [0.1, 0.15) is 6.10 Å². The quantitative estimate of drug-likeness (QED) is 0.811. The van der Waals surface area contributed by atoms with Crippen molar-refractivity contribution in [2.75, 3.05) is 11.4 Å². The molecule has 0 bridgehead atoms. The summed E-state index contributed by atoms with van der Waals surface area (Å²) < 4.78 is 5.28. The fraction of sp³-hybridized carbons (Fsp3) is 0.533. The van der Waals surface area contributed by atoms with Crippen LogP contribution < -0.4 is 4.90 Å². The van der Waals surface area contributed by atoms with Gasteiger partial charge in [0.05, 0.1) is 6.54 Å². The first kappa shape index (κ1) is 12.9. The van der Waals surface area contributed by atoms with Crippen molar-refractivity contribution < 1.29 is 9.53 Å². The third kappa shape index (κ3) is 2.35. The van der Waals surface area contributed by atoms with Crippen LogP contribution in [-0.2, 0) is 4.74 Å². The summed E-state index contributed by atoms with van der Waals surface area (Å²) in [6.45, 7) is 9.15. The van der Waals surface area contributed by atoms with Gasteiger partial charge in [-0.3, -0.25) is 4.90 Å². The number of ether oxygens (including phenoxy) is 1. The average Bonchev–Trinajstić information content (AvgIpc) is 2.70. The Balaban J connectivity index is 2.25. The van der Waals surface area contributed by atoms with Crippen molar-refractivity contribution >= 4 is 11.8 Å². The zero-order chi connectivity index (χ0) is 13.3. The zero-order valence-electron chi connectivity index (χ0n) is 11.6. The highest BCUT2D eigenvalue weighted by atomic mass is 16.6. The fourth-order valence-electron chi connectivity index (χ4n) is 2.42. The van der Waals surface area contributed by atoms with Crippen LogP contribution in [0.15, 0.2) is 18.2 Å². The molecule has 3 nitrogen and oxygen atoms in total. The maximum Gasteiger partial charge on any atom is 0.414 e. The van der Waals surface area contributed by atoms with E-state index in [0.29, 0.717) is 12.5 Å². The summed E-state index contributed by atoms with van der Waals surface area (Å²) in [5.74, 6) is 0.507. The van der Waals surface area contributed by atoms with Crippen molar-refractivity contribution in [1.82, 2.24) is 0 Å². The minimum absolute atomic E-state index is 0.0302. The van der Waals surface area contributed by atoms with E-state index in [1.807, 2.05) is 13.0 Å². The van der Waals surface area contributed by atoms with E-state index in [-0.39, 0.29) is 12.2 Å². The molecule has 0 N–H and O–H groups in total. The maximum atomic E-state index is 11.8. The van der Waals surface area contributed by atoms with E-state index in [1.165, 1.54) is 11.1 Å². The molecule has 0 spiro atoms. The molecule has 1 amide bonds. The van der Waals surface area contributed by atoms with Crippen molar-refractivity contribution in [3.8, 4) is 0 Å². The third-order valence-corrected chi connectivity index (χ3v) is 3.52. The molecule has 0 radical (unpaired) electrons. The number of carbonyl (C=O) groups is 1. The highest BCUT2D eigenvalue weighted by Gasteiger charge is 2.31. The van der Waals surface area contributed by atoms with Gasteiger partial charge in [0.15, 0.2) is 0 Å². The van der Waals surface area contributed by atoms with Gasteiger partial charge in [0, 0.05) is 5.69 Å². The Morgan fingerprint density at radius 1 is 1.44 bits per heavy atom. The van der Waals surface area contributed by atoms with Gasteiger partial charge in [-0.05, 0) is 42.5 Å². The highest BCUT2D eigenvalue weighted by Crippen LogP contribution is 2.27. The van der Waals surface area contributed by atoms with E-state index in [4.69, 9.17) is 4.74 Å². The molecule has 2 rings (SSSR count). The van der Waals surface area contributed by atoms with Gasteiger partial charge in [-0.15, -0.1) is 0 Å². The number of amides is 1. The molecule has 98 valence electrons. The molecule has 18 heavy (non-hydrogen) atoms. The molecule has 1 aliphatic rings. The van der Waals surface area contributed by atoms with Crippen molar-refractivity contribution in [3.05, 3.63) is 29.3 Å². The van der Waals surface area contributed by atoms with E-state index in [2.05, 4.69) is 32.9 Å². The second-order valence-electron chi connectivity index (χ2n) is 5.22. The monoisotopic (exact) mass is 247 g/mol. The standard InChI is InChI=1S/C15H21NO2/c1-5-13-9-16(15(17)18-13)12-6-7-14(10(2)3)11(4)8-12/h6-8,10,13H,5,9H2,1-4H3. The molecule has 1 aliphatic heterocycles. The van der Waals surface area contributed by atoms with Crippen LogP contribution in [-0.4, -0.2) is 18.7 Å². The van der Waals surface area contributed by atoms with Crippen LogP contribution in [0.25, 0.3) is 0 Å². The molecule has 1 saturated heterocycles. The van der Waals surface area contributed by atoms with Crippen LogP contribution in [0.4, 0.5) is 10.5 Å². The van der Waals surface area contributed by atoms with Crippen LogP contribution in [0.5, 0.6) is 0 Å². The summed E-state index contributed by atoms with van der Waals surface area (Å²) in [5, 5.41) is 0. The van der Waals surface area contributed by atoms with Gasteiger partial charge >= 0.3 is 6.09 Å². The van der Waals surface area contributed by atoms with Gasteiger partial charge in [-0.1, -0.05) is 26.8 Å². The molecule has 1 atom stereocenters. The largest absolute Gasteiger partial charge is 0.444 e. The molecular weight excluding hydrogens is 226 g/mol. The minimum Gasteiger partial charge on any atom is -0.444 e. The molecule has 1 aromatic carbocycles. The van der Waals surface area contributed by atoms with Crippen LogP contribution in [0.3, 0.4) is 0 Å². The molecule has 1 heterocycles. The Kier molecular flexibility index (Phi) is 3.60. The predicted molar refractivity (Wildman–Crippen MR) is 73.2 cm³/mol. The van der Waals surface area contributed by atoms with E-state index >= 15 is 0 Å². The SMILES string of the molecule is CCC1CN(c2ccc(C(C)C)c(C)c2)C(=O)O1. The number of cyclic esters (lactones) is 1. The summed E-state index contributed by atoms with van der Waals surface area (Å²) in [7, 11) is 0. The number of hydrogen-bond acceptors (Lipinski definition) is 2. The van der Waals surface area contributed by atoms with Gasteiger partial charge in [0.2, 0.25) is 0 Å². The van der Waals surface area contributed by atoms with Crippen molar-refractivity contribution in [2.45, 2.75) is 46.1 Å². The average molecular weight is 247 g/mol. The topological polar surface area (TPSA) is 29.5 Å². The minimum atomic E-state index is -0.224. The number of benzene rings is 1. The summed E-state index contributed by atoms with van der Waals surface area (Å²) >= 11 is 0. The molecular formula is C15H21NO2. The predicted octanol–water partition coefficient (Wildman–Crippen LogP) is 3.85. The molecule has 1 aromatic rings. The van der Waals surface area contributed by atoms with Crippen LogP contribution in [0.2, 0.25) is 0 Å². The van der Waals surface area contributed by atoms with Gasteiger partial charge in [-0.25, -0.2) is 4.79 Å². The normalized spacial score (nSPS) is 19.5. The molecule has 0 aromatic heterocycles. The third-order valence-electron chi connectivity index (χ3n) is 3.52. The van der Waals surface area contributed by atoms with Gasteiger partial charge in [0.25, 0.3) is 0 Å². The lowest BCUT2D eigenvalue weighted by Gasteiger charge is -2.16.